The summed E-state index contributed by atoms with van der Waals surface area (Å²) in [7, 11) is 0. The van der Waals surface area contributed by atoms with Gasteiger partial charge in [0.15, 0.2) is 5.78 Å². The number of carbonyl (C=O) groups is 2. The van der Waals surface area contributed by atoms with Crippen molar-refractivity contribution in [3.05, 3.63) is 23.9 Å². The molecule has 0 bridgehead atoms. The van der Waals surface area contributed by atoms with Crippen molar-refractivity contribution in [1.82, 2.24) is 4.90 Å². The summed E-state index contributed by atoms with van der Waals surface area (Å²) in [6.45, 7) is 5.96. The predicted octanol–water partition coefficient (Wildman–Crippen LogP) is 2.48. The van der Waals surface area contributed by atoms with Gasteiger partial charge in [-0.05, 0) is 25.0 Å². The van der Waals surface area contributed by atoms with Gasteiger partial charge in [-0.25, -0.2) is 0 Å². The molecular weight excluding hydrogens is 214 g/mol. The Kier molecular flexibility index (Phi) is 5.67. The third-order valence-corrected chi connectivity index (χ3v) is 2.83. The van der Waals surface area contributed by atoms with Crippen LogP contribution in [0, 0.1) is 0 Å². The van der Waals surface area contributed by atoms with Gasteiger partial charge in [-0.1, -0.05) is 26.7 Å². The van der Waals surface area contributed by atoms with E-state index >= 15 is 0 Å². The van der Waals surface area contributed by atoms with Gasteiger partial charge >= 0.3 is 0 Å². The van der Waals surface area contributed by atoms with E-state index in [4.69, 9.17) is 0 Å². The summed E-state index contributed by atoms with van der Waals surface area (Å²) < 4.78 is 0. The molecule has 94 valence electrons. The largest absolute Gasteiger partial charge is 0.368 e. The Bertz CT molecular complexity index is 334. The SMILES string of the molecule is CCCCN(CCCC)C1=CC(=O)C=CC1=O. The molecule has 1 rings (SSSR count). The van der Waals surface area contributed by atoms with Crippen LogP contribution in [-0.2, 0) is 9.59 Å². The first-order chi connectivity index (χ1) is 8.19. The Balaban J connectivity index is 2.73. The highest BCUT2D eigenvalue weighted by atomic mass is 16.1. The van der Waals surface area contributed by atoms with Gasteiger partial charge < -0.3 is 4.90 Å². The quantitative estimate of drug-likeness (QED) is 0.636. The second-order valence-corrected chi connectivity index (χ2v) is 4.32. The van der Waals surface area contributed by atoms with Crippen LogP contribution in [0.3, 0.4) is 0 Å². The standard InChI is InChI=1S/C14H21NO2/c1-3-5-9-15(10-6-4-2)13-11-12(16)7-8-14(13)17/h7-8,11H,3-6,9-10H2,1-2H3. The molecule has 0 spiro atoms. The van der Waals surface area contributed by atoms with Crippen LogP contribution < -0.4 is 0 Å². The van der Waals surface area contributed by atoms with Gasteiger partial charge in [0, 0.05) is 19.2 Å². The number of nitrogens with zero attached hydrogens (tertiary/aromatic N) is 1. The van der Waals surface area contributed by atoms with E-state index < -0.39 is 0 Å². The van der Waals surface area contributed by atoms with E-state index in [9.17, 15) is 9.59 Å². The maximum atomic E-state index is 11.8. The molecule has 0 N–H and O–H groups in total. The normalized spacial score (nSPS) is 15.1. The maximum absolute atomic E-state index is 11.8. The molecule has 0 aliphatic heterocycles. The molecule has 0 amide bonds. The lowest BCUT2D eigenvalue weighted by atomic mass is 10.1. The molecule has 3 nitrogen and oxygen atoms in total. The first kappa shape index (κ1) is 13.7. The second kappa shape index (κ2) is 7.05. The van der Waals surface area contributed by atoms with Crippen molar-refractivity contribution in [3.8, 4) is 0 Å². The Morgan fingerprint density at radius 3 is 2.12 bits per heavy atom. The topological polar surface area (TPSA) is 37.4 Å². The summed E-state index contributed by atoms with van der Waals surface area (Å²) in [5.74, 6) is -0.130. The average Bonchev–Trinajstić information content (AvgIpc) is 2.33. The van der Waals surface area contributed by atoms with Crippen LogP contribution in [0.4, 0.5) is 0 Å². The number of allylic oxidation sites excluding steroid dienone is 3. The molecule has 1 aliphatic carbocycles. The fraction of sp³-hybridized carbons (Fsp3) is 0.571. The van der Waals surface area contributed by atoms with Crippen molar-refractivity contribution in [3.63, 3.8) is 0 Å². The van der Waals surface area contributed by atoms with Crippen LogP contribution in [0.5, 0.6) is 0 Å². The van der Waals surface area contributed by atoms with Gasteiger partial charge in [-0.3, -0.25) is 9.59 Å². The fourth-order valence-corrected chi connectivity index (χ4v) is 1.79. The van der Waals surface area contributed by atoms with Crippen molar-refractivity contribution < 1.29 is 9.59 Å². The van der Waals surface area contributed by atoms with Gasteiger partial charge in [-0.2, -0.15) is 0 Å². The summed E-state index contributed by atoms with van der Waals surface area (Å²) in [6.07, 6.45) is 8.46. The highest BCUT2D eigenvalue weighted by Gasteiger charge is 2.18. The van der Waals surface area contributed by atoms with Gasteiger partial charge in [0.05, 0.1) is 5.70 Å². The molecule has 0 atom stereocenters. The molecule has 0 unspecified atom stereocenters. The molecule has 0 aromatic carbocycles. The number of hydrogen-bond acceptors (Lipinski definition) is 3. The zero-order valence-electron chi connectivity index (χ0n) is 10.7. The second-order valence-electron chi connectivity index (χ2n) is 4.32. The van der Waals surface area contributed by atoms with Gasteiger partial charge in [0.1, 0.15) is 0 Å². The minimum Gasteiger partial charge on any atom is -0.368 e. The van der Waals surface area contributed by atoms with E-state index in [2.05, 4.69) is 18.7 Å². The van der Waals surface area contributed by atoms with Crippen molar-refractivity contribution >= 4 is 11.6 Å². The van der Waals surface area contributed by atoms with Crippen LogP contribution in [-0.4, -0.2) is 29.6 Å². The van der Waals surface area contributed by atoms with Gasteiger partial charge in [0.2, 0.25) is 5.78 Å². The summed E-state index contributed by atoms with van der Waals surface area (Å²) in [4.78, 5) is 25.1. The molecule has 0 heterocycles. The third kappa shape index (κ3) is 4.17. The van der Waals surface area contributed by atoms with Gasteiger partial charge in [-0.15, -0.1) is 0 Å². The Hall–Kier alpha value is -1.38. The molecule has 0 aromatic heterocycles. The maximum Gasteiger partial charge on any atom is 0.202 e. The lowest BCUT2D eigenvalue weighted by Crippen LogP contribution is -2.31. The highest BCUT2D eigenvalue weighted by molar-refractivity contribution is 6.16. The van der Waals surface area contributed by atoms with E-state index in [0.717, 1.165) is 38.8 Å². The van der Waals surface area contributed by atoms with Crippen molar-refractivity contribution in [2.75, 3.05) is 13.1 Å². The fourth-order valence-electron chi connectivity index (χ4n) is 1.79. The van der Waals surface area contributed by atoms with E-state index in [1.54, 1.807) is 0 Å². The summed E-state index contributed by atoms with van der Waals surface area (Å²) in [6, 6.07) is 0. The number of carbonyl (C=O) groups excluding carboxylic acids is 2. The molecule has 0 radical (unpaired) electrons. The van der Waals surface area contributed by atoms with Crippen LogP contribution in [0.25, 0.3) is 0 Å². The number of unbranched alkanes of at least 4 members (excludes halogenated alkanes) is 2. The average molecular weight is 235 g/mol. The summed E-state index contributed by atoms with van der Waals surface area (Å²) in [5.41, 5.74) is 0.569. The Morgan fingerprint density at radius 2 is 1.59 bits per heavy atom. The van der Waals surface area contributed by atoms with Crippen LogP contribution in [0.1, 0.15) is 39.5 Å². The number of ketones is 2. The number of hydrogen-bond donors (Lipinski definition) is 0. The minimum atomic E-state index is -0.0856. The molecule has 17 heavy (non-hydrogen) atoms. The van der Waals surface area contributed by atoms with Crippen LogP contribution in [0.15, 0.2) is 23.9 Å². The lowest BCUT2D eigenvalue weighted by molar-refractivity contribution is -0.115. The lowest BCUT2D eigenvalue weighted by Gasteiger charge is -2.26. The zero-order chi connectivity index (χ0) is 12.7. The Morgan fingerprint density at radius 1 is 1.00 bits per heavy atom. The molecule has 0 fully saturated rings. The highest BCUT2D eigenvalue weighted by Crippen LogP contribution is 2.13. The predicted molar refractivity (Wildman–Crippen MR) is 68.6 cm³/mol. The monoisotopic (exact) mass is 235 g/mol. The molecule has 3 heteroatoms. The van der Waals surface area contributed by atoms with E-state index in [-0.39, 0.29) is 11.6 Å². The molecule has 1 aliphatic rings. The van der Waals surface area contributed by atoms with Crippen LogP contribution in [0.2, 0.25) is 0 Å². The molecule has 0 saturated carbocycles. The molecule has 0 saturated heterocycles. The number of rotatable bonds is 7. The van der Waals surface area contributed by atoms with Crippen molar-refractivity contribution in [1.29, 1.82) is 0 Å². The third-order valence-electron chi connectivity index (χ3n) is 2.83. The summed E-state index contributed by atoms with van der Waals surface area (Å²) in [5, 5.41) is 0. The van der Waals surface area contributed by atoms with Crippen LogP contribution >= 0.6 is 0 Å². The van der Waals surface area contributed by atoms with Crippen molar-refractivity contribution in [2.45, 2.75) is 39.5 Å². The smallest absolute Gasteiger partial charge is 0.202 e. The van der Waals surface area contributed by atoms with E-state index in [1.807, 2.05) is 0 Å². The Labute approximate surface area is 103 Å². The summed E-state index contributed by atoms with van der Waals surface area (Å²) >= 11 is 0. The van der Waals surface area contributed by atoms with E-state index in [1.165, 1.54) is 18.2 Å². The van der Waals surface area contributed by atoms with Gasteiger partial charge in [0.25, 0.3) is 0 Å². The minimum absolute atomic E-state index is 0.0446. The molecular formula is C14H21NO2. The first-order valence-corrected chi connectivity index (χ1v) is 6.42. The molecule has 0 aromatic rings. The first-order valence-electron chi connectivity index (χ1n) is 6.42. The zero-order valence-corrected chi connectivity index (χ0v) is 10.7. The van der Waals surface area contributed by atoms with Crippen molar-refractivity contribution in [2.24, 2.45) is 0 Å². The van der Waals surface area contributed by atoms with E-state index in [0.29, 0.717) is 5.70 Å².